The van der Waals surface area contributed by atoms with Crippen LogP contribution in [-0.4, -0.2) is 12.6 Å². The molecule has 2 atom stereocenters. The molecule has 2 heteroatoms. The third-order valence-corrected chi connectivity index (χ3v) is 2.71. The third kappa shape index (κ3) is 0.443. The van der Waals surface area contributed by atoms with Crippen molar-refractivity contribution in [3.8, 4) is 0 Å². The second-order valence-electron chi connectivity index (χ2n) is 3.54. The summed E-state index contributed by atoms with van der Waals surface area (Å²) in [7, 11) is 0. The van der Waals surface area contributed by atoms with Gasteiger partial charge in [-0.1, -0.05) is 13.8 Å². The van der Waals surface area contributed by atoms with Crippen LogP contribution in [0.25, 0.3) is 0 Å². The molecule has 0 spiro atoms. The number of fused-ring (bicyclic) bond motifs is 1. The molecule has 0 aromatic rings. The minimum absolute atomic E-state index is 0.0185. The molecular weight excluding hydrogens is 116 g/mol. The van der Waals surface area contributed by atoms with Gasteiger partial charge in [-0.15, -0.1) is 0 Å². The van der Waals surface area contributed by atoms with E-state index in [1.807, 2.05) is 0 Å². The van der Waals surface area contributed by atoms with E-state index < -0.39 is 0 Å². The summed E-state index contributed by atoms with van der Waals surface area (Å²) in [5.41, 5.74) is 0.259. The highest BCUT2D eigenvalue weighted by Crippen LogP contribution is 2.61. The summed E-state index contributed by atoms with van der Waals surface area (Å²) in [6.07, 6.45) is 0. The van der Waals surface area contributed by atoms with Crippen LogP contribution in [0.15, 0.2) is 0 Å². The largest absolute Gasteiger partial charge is 0.465 e. The molecule has 50 valence electrons. The summed E-state index contributed by atoms with van der Waals surface area (Å²) in [5, 5.41) is 0. The lowest BCUT2D eigenvalue weighted by Gasteiger charge is -2.05. The molecule has 0 N–H and O–H groups in total. The van der Waals surface area contributed by atoms with Crippen LogP contribution in [0.2, 0.25) is 0 Å². The molecule has 0 radical (unpaired) electrons. The van der Waals surface area contributed by atoms with Gasteiger partial charge in [0.2, 0.25) is 0 Å². The molecular formula is C7H10O2. The summed E-state index contributed by atoms with van der Waals surface area (Å²) in [4.78, 5) is 10.8. The minimum atomic E-state index is 0.0185. The Balaban J connectivity index is 2.23. The predicted octanol–water partition coefficient (Wildman–Crippen LogP) is 0.815. The molecule has 1 saturated carbocycles. The Labute approximate surface area is 54.2 Å². The van der Waals surface area contributed by atoms with Crippen LogP contribution in [0.5, 0.6) is 0 Å². The van der Waals surface area contributed by atoms with Crippen molar-refractivity contribution in [3.63, 3.8) is 0 Å². The number of rotatable bonds is 0. The van der Waals surface area contributed by atoms with Gasteiger partial charge in [0.15, 0.2) is 0 Å². The fraction of sp³-hybridized carbons (Fsp3) is 0.857. The predicted molar refractivity (Wildman–Crippen MR) is 31.7 cm³/mol. The van der Waals surface area contributed by atoms with E-state index in [2.05, 4.69) is 13.8 Å². The minimum Gasteiger partial charge on any atom is -0.465 e. The SMILES string of the molecule is CC1(C)[C@@H]2C(=O)OC[C@@H]21. The number of carbonyl (C=O) groups excluding carboxylic acids is 1. The fourth-order valence-electron chi connectivity index (χ4n) is 1.78. The molecule has 0 amide bonds. The smallest absolute Gasteiger partial charge is 0.309 e. The van der Waals surface area contributed by atoms with Gasteiger partial charge in [0.1, 0.15) is 0 Å². The highest BCUT2D eigenvalue weighted by atomic mass is 16.5. The van der Waals surface area contributed by atoms with Crippen molar-refractivity contribution in [1.82, 2.24) is 0 Å². The summed E-state index contributed by atoms with van der Waals surface area (Å²) in [5.74, 6) is 0.785. The van der Waals surface area contributed by atoms with E-state index in [-0.39, 0.29) is 17.3 Å². The molecule has 0 aromatic heterocycles. The van der Waals surface area contributed by atoms with Crippen molar-refractivity contribution in [3.05, 3.63) is 0 Å². The summed E-state index contributed by atoms with van der Waals surface area (Å²) < 4.78 is 4.81. The highest BCUT2D eigenvalue weighted by molar-refractivity contribution is 5.80. The van der Waals surface area contributed by atoms with Crippen LogP contribution < -0.4 is 0 Å². The van der Waals surface area contributed by atoms with E-state index in [0.717, 1.165) is 0 Å². The highest BCUT2D eigenvalue weighted by Gasteiger charge is 2.66. The van der Waals surface area contributed by atoms with E-state index in [9.17, 15) is 4.79 Å². The van der Waals surface area contributed by atoms with Gasteiger partial charge in [0.05, 0.1) is 12.5 Å². The Morgan fingerprint density at radius 1 is 1.67 bits per heavy atom. The Hall–Kier alpha value is -0.530. The maximum atomic E-state index is 10.8. The molecule has 2 fully saturated rings. The van der Waals surface area contributed by atoms with Crippen molar-refractivity contribution in [1.29, 1.82) is 0 Å². The van der Waals surface area contributed by atoms with Gasteiger partial charge in [-0.2, -0.15) is 0 Å². The van der Waals surface area contributed by atoms with Crippen molar-refractivity contribution in [2.45, 2.75) is 13.8 Å². The second kappa shape index (κ2) is 1.15. The van der Waals surface area contributed by atoms with Crippen LogP contribution in [0.1, 0.15) is 13.8 Å². The topological polar surface area (TPSA) is 26.3 Å². The number of hydrogen-bond donors (Lipinski definition) is 0. The molecule has 9 heavy (non-hydrogen) atoms. The first kappa shape index (κ1) is 5.27. The van der Waals surface area contributed by atoms with Crippen molar-refractivity contribution in [2.24, 2.45) is 17.3 Å². The van der Waals surface area contributed by atoms with Gasteiger partial charge in [-0.3, -0.25) is 4.79 Å². The average Bonchev–Trinajstić information content (AvgIpc) is 2.19. The van der Waals surface area contributed by atoms with Crippen LogP contribution in [0.4, 0.5) is 0 Å². The third-order valence-electron chi connectivity index (χ3n) is 2.71. The summed E-state index contributed by atoms with van der Waals surface area (Å²) in [6.45, 7) is 4.92. The fourth-order valence-corrected chi connectivity index (χ4v) is 1.78. The molecule has 1 saturated heterocycles. The Bertz CT molecular complexity index is 172. The van der Waals surface area contributed by atoms with Crippen molar-refractivity contribution >= 4 is 5.97 Å². The summed E-state index contributed by atoms with van der Waals surface area (Å²) in [6, 6.07) is 0. The molecule has 2 nitrogen and oxygen atoms in total. The molecule has 2 aliphatic rings. The van der Waals surface area contributed by atoms with Crippen LogP contribution in [0, 0.1) is 17.3 Å². The van der Waals surface area contributed by atoms with Gasteiger partial charge in [-0.25, -0.2) is 0 Å². The summed E-state index contributed by atoms with van der Waals surface area (Å²) >= 11 is 0. The van der Waals surface area contributed by atoms with E-state index >= 15 is 0 Å². The zero-order chi connectivity index (χ0) is 6.65. The maximum Gasteiger partial charge on any atom is 0.309 e. The number of cyclic esters (lactones) is 1. The van der Waals surface area contributed by atoms with E-state index in [1.54, 1.807) is 0 Å². The van der Waals surface area contributed by atoms with E-state index in [4.69, 9.17) is 4.74 Å². The van der Waals surface area contributed by atoms with Gasteiger partial charge >= 0.3 is 5.97 Å². The monoisotopic (exact) mass is 126 g/mol. The van der Waals surface area contributed by atoms with Gasteiger partial charge in [0.25, 0.3) is 0 Å². The van der Waals surface area contributed by atoms with Gasteiger partial charge < -0.3 is 4.74 Å². The Kier molecular flexibility index (Phi) is 0.675. The van der Waals surface area contributed by atoms with Crippen LogP contribution in [-0.2, 0) is 9.53 Å². The molecule has 0 unspecified atom stereocenters. The first-order valence-corrected chi connectivity index (χ1v) is 3.30. The zero-order valence-corrected chi connectivity index (χ0v) is 5.68. The van der Waals surface area contributed by atoms with Crippen LogP contribution >= 0.6 is 0 Å². The molecule has 1 heterocycles. The number of esters is 1. The lowest BCUT2D eigenvalue weighted by molar-refractivity contribution is -0.142. The van der Waals surface area contributed by atoms with Crippen molar-refractivity contribution < 1.29 is 9.53 Å². The standard InChI is InChI=1S/C7H10O2/c1-7(2)4-3-9-6(8)5(4)7/h4-5H,3H2,1-2H3/t4-,5-/m0/s1. The number of carbonyl (C=O) groups is 1. The second-order valence-corrected chi connectivity index (χ2v) is 3.54. The van der Waals surface area contributed by atoms with Gasteiger partial charge in [0, 0.05) is 5.92 Å². The first-order chi connectivity index (χ1) is 4.14. The van der Waals surface area contributed by atoms with Crippen LogP contribution in [0.3, 0.4) is 0 Å². The normalized spacial score (nSPS) is 44.0. The average molecular weight is 126 g/mol. The molecule has 1 aliphatic heterocycles. The molecule has 2 rings (SSSR count). The van der Waals surface area contributed by atoms with E-state index in [0.29, 0.717) is 12.5 Å². The molecule has 1 aliphatic carbocycles. The Morgan fingerprint density at radius 3 is 2.56 bits per heavy atom. The lowest BCUT2D eigenvalue weighted by atomic mass is 10.1. The quantitative estimate of drug-likeness (QED) is 0.449. The zero-order valence-electron chi connectivity index (χ0n) is 5.68. The lowest BCUT2D eigenvalue weighted by Crippen LogP contribution is -2.09. The molecule has 0 bridgehead atoms. The first-order valence-electron chi connectivity index (χ1n) is 3.30. The van der Waals surface area contributed by atoms with Crippen molar-refractivity contribution in [2.75, 3.05) is 6.61 Å². The molecule has 0 aromatic carbocycles. The maximum absolute atomic E-state index is 10.8. The van der Waals surface area contributed by atoms with Gasteiger partial charge in [-0.05, 0) is 5.41 Å². The number of ether oxygens (including phenoxy) is 1. The number of hydrogen-bond acceptors (Lipinski definition) is 2. The Morgan fingerprint density at radius 2 is 2.33 bits per heavy atom. The van der Waals surface area contributed by atoms with E-state index in [1.165, 1.54) is 0 Å².